The van der Waals surface area contributed by atoms with Crippen LogP contribution in [0.5, 0.6) is 0 Å². The van der Waals surface area contributed by atoms with Crippen molar-refractivity contribution in [2.45, 2.75) is 6.61 Å². The van der Waals surface area contributed by atoms with Crippen LogP contribution in [-0.2, 0) is 11.3 Å². The zero-order chi connectivity index (χ0) is 9.26. The van der Waals surface area contributed by atoms with E-state index in [2.05, 4.69) is 19.9 Å². The molecule has 0 spiro atoms. The predicted molar refractivity (Wildman–Crippen MR) is 46.8 cm³/mol. The minimum atomic E-state index is 0.340. The van der Waals surface area contributed by atoms with Crippen molar-refractivity contribution in [3.63, 3.8) is 0 Å². The Balaban J connectivity index is 2.56. The molecule has 0 saturated carbocycles. The van der Waals surface area contributed by atoms with Gasteiger partial charge in [-0.25, -0.2) is 15.0 Å². The number of methoxy groups -OCH3 is 1. The molecule has 2 aromatic heterocycles. The number of anilines is 1. The number of aromatic amines is 1. The minimum Gasteiger partial charge on any atom is -0.382 e. The van der Waals surface area contributed by atoms with Crippen LogP contribution in [0.4, 0.5) is 5.82 Å². The summed E-state index contributed by atoms with van der Waals surface area (Å²) < 4.78 is 4.89. The van der Waals surface area contributed by atoms with Gasteiger partial charge in [0.1, 0.15) is 12.1 Å². The first kappa shape index (κ1) is 7.93. The largest absolute Gasteiger partial charge is 0.382 e. The van der Waals surface area contributed by atoms with Gasteiger partial charge in [0.05, 0.1) is 6.33 Å². The monoisotopic (exact) mass is 179 g/mol. The van der Waals surface area contributed by atoms with Gasteiger partial charge in [-0.1, -0.05) is 0 Å². The number of hydrogen-bond acceptors (Lipinski definition) is 5. The summed E-state index contributed by atoms with van der Waals surface area (Å²) in [7, 11) is 1.58. The van der Waals surface area contributed by atoms with E-state index in [0.717, 1.165) is 0 Å². The summed E-state index contributed by atoms with van der Waals surface area (Å²) >= 11 is 0. The van der Waals surface area contributed by atoms with Crippen molar-refractivity contribution < 1.29 is 4.74 Å². The number of H-pyrrole nitrogens is 1. The van der Waals surface area contributed by atoms with Crippen LogP contribution in [0, 0.1) is 0 Å². The molecule has 3 N–H and O–H groups in total. The van der Waals surface area contributed by atoms with Gasteiger partial charge in [-0.05, 0) is 0 Å². The number of imidazole rings is 1. The Morgan fingerprint density at radius 3 is 3.15 bits per heavy atom. The van der Waals surface area contributed by atoms with Crippen LogP contribution in [-0.4, -0.2) is 27.0 Å². The Labute approximate surface area is 74.2 Å². The van der Waals surface area contributed by atoms with Gasteiger partial charge in [0.25, 0.3) is 0 Å². The third kappa shape index (κ3) is 1.31. The molecule has 0 aliphatic carbocycles. The van der Waals surface area contributed by atoms with Crippen LogP contribution in [0.15, 0.2) is 6.33 Å². The van der Waals surface area contributed by atoms with Crippen LogP contribution in [0.3, 0.4) is 0 Å². The number of nitrogens with zero attached hydrogens (tertiary/aromatic N) is 3. The van der Waals surface area contributed by atoms with Gasteiger partial charge < -0.3 is 15.5 Å². The fourth-order valence-electron chi connectivity index (χ4n) is 1.10. The molecule has 0 aliphatic rings. The number of ether oxygens (including phenoxy) is 1. The average molecular weight is 179 g/mol. The summed E-state index contributed by atoms with van der Waals surface area (Å²) in [4.78, 5) is 15.0. The summed E-state index contributed by atoms with van der Waals surface area (Å²) in [5.41, 5.74) is 6.89. The number of nitrogen functional groups attached to an aromatic ring is 1. The van der Waals surface area contributed by atoms with Gasteiger partial charge >= 0.3 is 0 Å². The second-order valence-electron chi connectivity index (χ2n) is 2.56. The lowest BCUT2D eigenvalue weighted by Gasteiger charge is -1.99. The first-order chi connectivity index (χ1) is 6.31. The molecule has 68 valence electrons. The Morgan fingerprint density at radius 2 is 2.38 bits per heavy atom. The van der Waals surface area contributed by atoms with Crippen molar-refractivity contribution in [2.75, 3.05) is 12.8 Å². The van der Waals surface area contributed by atoms with E-state index in [1.807, 2.05) is 0 Å². The van der Waals surface area contributed by atoms with Gasteiger partial charge in [-0.2, -0.15) is 0 Å². The fourth-order valence-corrected chi connectivity index (χ4v) is 1.10. The highest BCUT2D eigenvalue weighted by Crippen LogP contribution is 2.12. The maximum atomic E-state index is 5.65. The Hall–Kier alpha value is -1.69. The molecule has 6 nitrogen and oxygen atoms in total. The molecule has 13 heavy (non-hydrogen) atoms. The van der Waals surface area contributed by atoms with E-state index in [4.69, 9.17) is 10.5 Å². The molecule has 0 aliphatic heterocycles. The van der Waals surface area contributed by atoms with Crippen LogP contribution in [0.2, 0.25) is 0 Å². The molecule has 0 aromatic carbocycles. The fraction of sp³-hybridized carbons (Fsp3) is 0.286. The highest BCUT2D eigenvalue weighted by molar-refractivity contribution is 5.80. The highest BCUT2D eigenvalue weighted by atomic mass is 16.5. The summed E-state index contributed by atoms with van der Waals surface area (Å²) in [5, 5.41) is 0. The normalized spacial score (nSPS) is 10.8. The van der Waals surface area contributed by atoms with Gasteiger partial charge in [0.15, 0.2) is 17.3 Å². The SMILES string of the molecule is COCc1nc(N)c2[nH]cnc2n1. The quantitative estimate of drug-likeness (QED) is 0.681. The van der Waals surface area contributed by atoms with Crippen molar-refractivity contribution in [3.8, 4) is 0 Å². The highest BCUT2D eigenvalue weighted by Gasteiger charge is 2.05. The minimum absolute atomic E-state index is 0.340. The molecule has 6 heteroatoms. The van der Waals surface area contributed by atoms with Crippen molar-refractivity contribution in [1.29, 1.82) is 0 Å². The molecule has 0 bridgehead atoms. The summed E-state index contributed by atoms with van der Waals surface area (Å²) in [6.45, 7) is 0.340. The smallest absolute Gasteiger partial charge is 0.183 e. The Bertz CT molecular complexity index is 424. The van der Waals surface area contributed by atoms with Crippen LogP contribution < -0.4 is 5.73 Å². The van der Waals surface area contributed by atoms with E-state index in [1.54, 1.807) is 7.11 Å². The van der Waals surface area contributed by atoms with Crippen molar-refractivity contribution in [1.82, 2.24) is 19.9 Å². The third-order valence-corrected chi connectivity index (χ3v) is 1.63. The van der Waals surface area contributed by atoms with E-state index in [0.29, 0.717) is 29.4 Å². The van der Waals surface area contributed by atoms with Crippen molar-refractivity contribution in [3.05, 3.63) is 12.2 Å². The Morgan fingerprint density at radius 1 is 1.54 bits per heavy atom. The van der Waals surface area contributed by atoms with Crippen molar-refractivity contribution in [2.24, 2.45) is 0 Å². The second-order valence-corrected chi connectivity index (χ2v) is 2.56. The number of fused-ring (bicyclic) bond motifs is 1. The molecule has 2 heterocycles. The number of rotatable bonds is 2. The number of nitrogens with one attached hydrogen (secondary N) is 1. The molecule has 0 radical (unpaired) electrons. The average Bonchev–Trinajstić information content (AvgIpc) is 2.53. The first-order valence-corrected chi connectivity index (χ1v) is 3.75. The number of aromatic nitrogens is 4. The predicted octanol–water partition coefficient (Wildman–Crippen LogP) is 0.0815. The first-order valence-electron chi connectivity index (χ1n) is 3.75. The lowest BCUT2D eigenvalue weighted by atomic mass is 10.5. The van der Waals surface area contributed by atoms with Crippen LogP contribution in [0.1, 0.15) is 5.82 Å². The standard InChI is InChI=1S/C7H9N5O/c1-13-2-4-11-6(8)5-7(12-4)10-3-9-5/h3H,2H2,1H3,(H3,8,9,10,11,12). The lowest BCUT2D eigenvalue weighted by Crippen LogP contribution is -2.01. The maximum Gasteiger partial charge on any atom is 0.183 e. The van der Waals surface area contributed by atoms with Crippen LogP contribution >= 0.6 is 0 Å². The van der Waals surface area contributed by atoms with Gasteiger partial charge in [0, 0.05) is 7.11 Å². The molecule has 0 fully saturated rings. The molecule has 0 saturated heterocycles. The van der Waals surface area contributed by atoms with E-state index in [1.165, 1.54) is 6.33 Å². The lowest BCUT2D eigenvalue weighted by molar-refractivity contribution is 0.178. The van der Waals surface area contributed by atoms with Gasteiger partial charge in [-0.3, -0.25) is 0 Å². The molecule has 2 rings (SSSR count). The van der Waals surface area contributed by atoms with Crippen molar-refractivity contribution >= 4 is 17.0 Å². The molecule has 0 unspecified atom stereocenters. The number of hydrogen-bond donors (Lipinski definition) is 2. The zero-order valence-electron chi connectivity index (χ0n) is 7.11. The summed E-state index contributed by atoms with van der Waals surface area (Å²) in [6, 6.07) is 0. The molecular weight excluding hydrogens is 170 g/mol. The van der Waals surface area contributed by atoms with E-state index < -0.39 is 0 Å². The third-order valence-electron chi connectivity index (χ3n) is 1.63. The molecule has 0 amide bonds. The van der Waals surface area contributed by atoms with E-state index >= 15 is 0 Å². The van der Waals surface area contributed by atoms with E-state index in [-0.39, 0.29) is 0 Å². The van der Waals surface area contributed by atoms with Gasteiger partial charge in [0.2, 0.25) is 0 Å². The topological polar surface area (TPSA) is 89.7 Å². The summed E-state index contributed by atoms with van der Waals surface area (Å²) in [5.74, 6) is 0.939. The maximum absolute atomic E-state index is 5.65. The molecule has 2 aromatic rings. The van der Waals surface area contributed by atoms with Gasteiger partial charge in [-0.15, -0.1) is 0 Å². The molecular formula is C7H9N5O. The molecule has 0 atom stereocenters. The second kappa shape index (κ2) is 2.98. The Kier molecular flexibility index (Phi) is 1.82. The zero-order valence-corrected chi connectivity index (χ0v) is 7.11. The summed E-state index contributed by atoms with van der Waals surface area (Å²) in [6.07, 6.45) is 1.53. The van der Waals surface area contributed by atoms with Crippen LogP contribution in [0.25, 0.3) is 11.2 Å². The number of nitrogens with two attached hydrogens (primary N) is 1. The van der Waals surface area contributed by atoms with E-state index in [9.17, 15) is 0 Å².